The Labute approximate surface area is 143 Å². The molecule has 1 saturated heterocycles. The van der Waals surface area contributed by atoms with E-state index >= 15 is 0 Å². The van der Waals surface area contributed by atoms with Crippen LogP contribution in [0.5, 0.6) is 0 Å². The Morgan fingerprint density at radius 3 is 2.57 bits per heavy atom. The molecule has 1 heterocycles. The van der Waals surface area contributed by atoms with Crippen molar-refractivity contribution in [2.75, 3.05) is 26.2 Å². The second kappa shape index (κ2) is 6.98. The zero-order valence-electron chi connectivity index (χ0n) is 11.6. The first-order valence-corrected chi connectivity index (χ1v) is 7.67. The van der Waals surface area contributed by atoms with Crippen molar-refractivity contribution in [3.05, 3.63) is 32.8 Å². The van der Waals surface area contributed by atoms with Gasteiger partial charge in [0, 0.05) is 19.6 Å². The van der Waals surface area contributed by atoms with Gasteiger partial charge < -0.3 is 20.0 Å². The predicted octanol–water partition coefficient (Wildman–Crippen LogP) is 2.18. The molecule has 1 unspecified atom stereocenters. The summed E-state index contributed by atoms with van der Waals surface area (Å²) in [6.07, 6.45) is -1.18. The molecule has 0 radical (unpaired) electrons. The van der Waals surface area contributed by atoms with Gasteiger partial charge in [0.2, 0.25) is 0 Å². The van der Waals surface area contributed by atoms with Crippen molar-refractivity contribution >= 4 is 39.5 Å². The highest BCUT2D eigenvalue weighted by atomic mass is 79.9. The fourth-order valence-electron chi connectivity index (χ4n) is 2.34. The van der Waals surface area contributed by atoms with E-state index < -0.39 is 41.8 Å². The minimum absolute atomic E-state index is 0.00589. The van der Waals surface area contributed by atoms with Crippen molar-refractivity contribution in [1.82, 2.24) is 9.80 Å². The summed E-state index contributed by atoms with van der Waals surface area (Å²) in [5.41, 5.74) is -0.571. The van der Waals surface area contributed by atoms with E-state index in [0.29, 0.717) is 0 Å². The summed E-state index contributed by atoms with van der Waals surface area (Å²) in [6, 6.07) is 0.141. The molecule has 2 rings (SSSR count). The van der Waals surface area contributed by atoms with Gasteiger partial charge in [0.05, 0.1) is 27.7 Å². The molecule has 1 aromatic rings. The van der Waals surface area contributed by atoms with Crippen molar-refractivity contribution in [3.8, 4) is 0 Å². The number of halogens is 4. The van der Waals surface area contributed by atoms with Crippen LogP contribution in [0.15, 0.2) is 10.5 Å². The van der Waals surface area contributed by atoms with Gasteiger partial charge in [-0.05, 0) is 22.0 Å². The van der Waals surface area contributed by atoms with E-state index in [1.165, 1.54) is 0 Å². The minimum Gasteiger partial charge on any atom is -0.465 e. The number of aliphatic hydroxyl groups is 1. The Morgan fingerprint density at radius 2 is 2.00 bits per heavy atom. The lowest BCUT2D eigenvalue weighted by atomic mass is 10.1. The minimum atomic E-state index is -1.36. The molecule has 2 amide bonds. The van der Waals surface area contributed by atoms with Crippen LogP contribution >= 0.6 is 27.5 Å². The molecule has 0 bridgehead atoms. The SMILES string of the molecule is O=C(O)N1CCN(C(=O)c2cc(Cl)c(Br)c(F)c2F)C(CO)C1. The van der Waals surface area contributed by atoms with Crippen molar-refractivity contribution in [1.29, 1.82) is 0 Å². The zero-order valence-corrected chi connectivity index (χ0v) is 13.9. The van der Waals surface area contributed by atoms with Crippen molar-refractivity contribution in [3.63, 3.8) is 0 Å². The van der Waals surface area contributed by atoms with Crippen molar-refractivity contribution in [2.45, 2.75) is 6.04 Å². The Morgan fingerprint density at radius 1 is 1.35 bits per heavy atom. The number of carbonyl (C=O) groups is 2. The number of carbonyl (C=O) groups excluding carboxylic acids is 1. The number of carboxylic acid groups (broad SMARTS) is 1. The average molecular weight is 414 g/mol. The molecule has 0 saturated carbocycles. The van der Waals surface area contributed by atoms with Crippen LogP contribution in [0.4, 0.5) is 13.6 Å². The summed E-state index contributed by atoms with van der Waals surface area (Å²) in [6.45, 7) is -0.674. The number of piperazine rings is 1. The molecule has 126 valence electrons. The fraction of sp³-hybridized carbons (Fsp3) is 0.385. The van der Waals surface area contributed by atoms with Crippen molar-refractivity contribution < 1.29 is 28.6 Å². The molecule has 6 nitrogen and oxygen atoms in total. The molecular weight excluding hydrogens is 402 g/mol. The summed E-state index contributed by atoms with van der Waals surface area (Å²) in [7, 11) is 0. The van der Waals surface area contributed by atoms with Crippen LogP contribution in [0.1, 0.15) is 10.4 Å². The zero-order chi connectivity index (χ0) is 17.3. The van der Waals surface area contributed by atoms with Gasteiger partial charge in [-0.25, -0.2) is 13.6 Å². The first-order valence-electron chi connectivity index (χ1n) is 6.50. The van der Waals surface area contributed by atoms with Crippen LogP contribution in [0.2, 0.25) is 5.02 Å². The normalized spacial score (nSPS) is 18.2. The maximum absolute atomic E-state index is 14.0. The second-order valence-electron chi connectivity index (χ2n) is 4.91. The third-order valence-electron chi connectivity index (χ3n) is 3.56. The van der Waals surface area contributed by atoms with Gasteiger partial charge in [-0.1, -0.05) is 11.6 Å². The molecule has 10 heteroatoms. The summed E-state index contributed by atoms with van der Waals surface area (Å²) in [5.74, 6) is -3.51. The number of aliphatic hydroxyl groups excluding tert-OH is 1. The van der Waals surface area contributed by atoms with Gasteiger partial charge in [-0.3, -0.25) is 4.79 Å². The Hall–Kier alpha value is -1.45. The van der Waals surface area contributed by atoms with Gasteiger partial charge >= 0.3 is 6.09 Å². The largest absolute Gasteiger partial charge is 0.465 e. The quantitative estimate of drug-likeness (QED) is 0.575. The average Bonchev–Trinajstić information content (AvgIpc) is 2.54. The molecule has 1 aliphatic heterocycles. The maximum atomic E-state index is 14.0. The van der Waals surface area contributed by atoms with E-state index in [1.807, 2.05) is 0 Å². The standard InChI is InChI=1S/C13H12BrClF2N2O4/c14-9-8(15)3-7(10(16)11(9)17)12(21)19-2-1-18(13(22)23)4-6(19)5-20/h3,6,20H,1-2,4-5H2,(H,22,23). The summed E-state index contributed by atoms with van der Waals surface area (Å²) >= 11 is 8.52. The highest BCUT2D eigenvalue weighted by molar-refractivity contribution is 9.10. The molecule has 23 heavy (non-hydrogen) atoms. The van der Waals surface area contributed by atoms with Crippen LogP contribution in [-0.4, -0.2) is 64.3 Å². The lowest BCUT2D eigenvalue weighted by Gasteiger charge is -2.39. The summed E-state index contributed by atoms with van der Waals surface area (Å²) in [5, 5.41) is 18.1. The topological polar surface area (TPSA) is 81.1 Å². The molecule has 0 aliphatic carbocycles. The number of amides is 2. The van der Waals surface area contributed by atoms with E-state index in [9.17, 15) is 23.5 Å². The molecule has 1 atom stereocenters. The maximum Gasteiger partial charge on any atom is 0.407 e. The van der Waals surface area contributed by atoms with Crippen LogP contribution in [0.25, 0.3) is 0 Å². The second-order valence-corrected chi connectivity index (χ2v) is 6.11. The van der Waals surface area contributed by atoms with Crippen LogP contribution in [0, 0.1) is 11.6 Å². The molecule has 1 fully saturated rings. The molecule has 0 aromatic heterocycles. The highest BCUT2D eigenvalue weighted by Gasteiger charge is 2.34. The predicted molar refractivity (Wildman–Crippen MR) is 80.6 cm³/mol. The molecule has 1 aromatic carbocycles. The van der Waals surface area contributed by atoms with E-state index in [1.54, 1.807) is 0 Å². The Bertz CT molecular complexity index is 661. The number of benzene rings is 1. The van der Waals surface area contributed by atoms with Crippen LogP contribution < -0.4 is 0 Å². The lowest BCUT2D eigenvalue weighted by Crippen LogP contribution is -2.57. The summed E-state index contributed by atoms with van der Waals surface area (Å²) in [4.78, 5) is 25.6. The van der Waals surface area contributed by atoms with E-state index in [-0.39, 0.29) is 29.1 Å². The monoisotopic (exact) mass is 412 g/mol. The van der Waals surface area contributed by atoms with E-state index in [4.69, 9.17) is 16.7 Å². The van der Waals surface area contributed by atoms with Gasteiger partial charge in [0.15, 0.2) is 11.6 Å². The lowest BCUT2D eigenvalue weighted by molar-refractivity contribution is 0.0306. The molecule has 0 spiro atoms. The van der Waals surface area contributed by atoms with Gasteiger partial charge in [-0.2, -0.15) is 0 Å². The van der Waals surface area contributed by atoms with Crippen LogP contribution in [-0.2, 0) is 0 Å². The van der Waals surface area contributed by atoms with Gasteiger partial charge in [-0.15, -0.1) is 0 Å². The van der Waals surface area contributed by atoms with Gasteiger partial charge in [0.1, 0.15) is 0 Å². The molecule has 1 aliphatic rings. The Balaban J connectivity index is 2.32. The Kier molecular flexibility index (Phi) is 5.43. The molecular formula is C13H12BrClF2N2O4. The first kappa shape index (κ1) is 17.9. The third kappa shape index (κ3) is 3.41. The third-order valence-corrected chi connectivity index (χ3v) is 4.86. The first-order chi connectivity index (χ1) is 10.8. The summed E-state index contributed by atoms with van der Waals surface area (Å²) < 4.78 is 27.4. The fourth-order valence-corrected chi connectivity index (χ4v) is 2.82. The number of hydrogen-bond acceptors (Lipinski definition) is 3. The van der Waals surface area contributed by atoms with E-state index in [2.05, 4.69) is 15.9 Å². The highest BCUT2D eigenvalue weighted by Crippen LogP contribution is 2.30. The van der Waals surface area contributed by atoms with Crippen LogP contribution in [0.3, 0.4) is 0 Å². The number of nitrogens with zero attached hydrogens (tertiary/aromatic N) is 2. The van der Waals surface area contributed by atoms with E-state index in [0.717, 1.165) is 15.9 Å². The van der Waals surface area contributed by atoms with Crippen molar-refractivity contribution in [2.24, 2.45) is 0 Å². The number of rotatable bonds is 2. The smallest absolute Gasteiger partial charge is 0.407 e. The van der Waals surface area contributed by atoms with Gasteiger partial charge in [0.25, 0.3) is 5.91 Å². The number of hydrogen-bond donors (Lipinski definition) is 2. The molecule has 2 N–H and O–H groups in total.